The van der Waals surface area contributed by atoms with Crippen molar-refractivity contribution < 1.29 is 14.7 Å². The molecule has 3 N–H and O–H groups in total. The van der Waals surface area contributed by atoms with E-state index in [4.69, 9.17) is 5.11 Å². The minimum Gasteiger partial charge on any atom is -0.506 e. The van der Waals surface area contributed by atoms with E-state index in [0.717, 1.165) is 0 Å². The Bertz CT molecular complexity index is 406. The summed E-state index contributed by atoms with van der Waals surface area (Å²) >= 11 is 0. The third kappa shape index (κ3) is 2.94. The number of carbonyl (C=O) groups is 2. The molecular weight excluding hydrogens is 210 g/mol. The van der Waals surface area contributed by atoms with Crippen molar-refractivity contribution in [1.82, 2.24) is 15.6 Å². The topological polar surface area (TPSA) is 91.3 Å². The number of carbonyl (C=O) groups excluding carboxylic acids is 2. The van der Waals surface area contributed by atoms with Crippen LogP contribution in [0.4, 0.5) is 0 Å². The molecule has 86 valence electrons. The van der Waals surface area contributed by atoms with E-state index in [1.807, 2.05) is 0 Å². The van der Waals surface area contributed by atoms with E-state index >= 15 is 0 Å². The molecule has 0 aliphatic carbocycles. The lowest BCUT2D eigenvalue weighted by molar-refractivity contribution is -0.122. The molecule has 0 bridgehead atoms. The number of aromatic hydroxyl groups is 1. The van der Waals surface area contributed by atoms with Gasteiger partial charge < -0.3 is 15.7 Å². The van der Waals surface area contributed by atoms with E-state index in [1.165, 1.54) is 25.5 Å². The van der Waals surface area contributed by atoms with Crippen LogP contribution in [0.1, 0.15) is 17.3 Å². The van der Waals surface area contributed by atoms with Crippen LogP contribution in [-0.4, -0.2) is 35.0 Å². The van der Waals surface area contributed by atoms with Crippen molar-refractivity contribution in [2.45, 2.75) is 13.0 Å². The van der Waals surface area contributed by atoms with Crippen molar-refractivity contribution in [2.24, 2.45) is 0 Å². The minimum atomic E-state index is -0.639. The van der Waals surface area contributed by atoms with E-state index in [-0.39, 0.29) is 17.2 Å². The first-order chi connectivity index (χ1) is 7.54. The van der Waals surface area contributed by atoms with Crippen LogP contribution in [0.15, 0.2) is 18.5 Å². The minimum absolute atomic E-state index is 0.0970. The molecule has 1 aromatic rings. The van der Waals surface area contributed by atoms with Gasteiger partial charge in [0.05, 0.1) is 11.8 Å². The van der Waals surface area contributed by atoms with Gasteiger partial charge in [-0.05, 0) is 13.0 Å². The molecule has 16 heavy (non-hydrogen) atoms. The number of rotatable bonds is 3. The molecule has 2 amide bonds. The highest BCUT2D eigenvalue weighted by Gasteiger charge is 2.15. The molecule has 0 saturated carbocycles. The fourth-order valence-electron chi connectivity index (χ4n) is 1.11. The Morgan fingerprint density at radius 2 is 2.12 bits per heavy atom. The van der Waals surface area contributed by atoms with Crippen LogP contribution in [0.2, 0.25) is 0 Å². The van der Waals surface area contributed by atoms with Crippen molar-refractivity contribution in [3.63, 3.8) is 0 Å². The lowest BCUT2D eigenvalue weighted by atomic mass is 10.2. The number of aromatic nitrogens is 1. The highest BCUT2D eigenvalue weighted by molar-refractivity contribution is 5.97. The number of amides is 2. The lowest BCUT2D eigenvalue weighted by Gasteiger charge is -2.11. The molecule has 0 spiro atoms. The Hall–Kier alpha value is -2.11. The Morgan fingerprint density at radius 3 is 2.69 bits per heavy atom. The number of nitrogens with one attached hydrogen (secondary N) is 2. The Labute approximate surface area is 92.7 Å². The second kappa shape index (κ2) is 5.11. The Kier molecular flexibility index (Phi) is 3.82. The van der Waals surface area contributed by atoms with E-state index in [9.17, 15) is 9.59 Å². The van der Waals surface area contributed by atoms with Crippen LogP contribution in [0.3, 0.4) is 0 Å². The van der Waals surface area contributed by atoms with Crippen molar-refractivity contribution in [1.29, 1.82) is 0 Å². The van der Waals surface area contributed by atoms with Crippen LogP contribution in [0.25, 0.3) is 0 Å². The van der Waals surface area contributed by atoms with Crippen LogP contribution < -0.4 is 10.6 Å². The van der Waals surface area contributed by atoms with Gasteiger partial charge in [0.15, 0.2) is 0 Å². The number of likely N-dealkylation sites (N-methyl/N-ethyl adjacent to an activating group) is 1. The predicted octanol–water partition coefficient (Wildman–Crippen LogP) is -0.349. The third-order valence-electron chi connectivity index (χ3n) is 1.97. The standard InChI is InChI=1S/C10H13N3O3/c1-6(9(15)11-2)13-10(16)7-3-8(14)5-12-4-7/h3-6,14H,1-2H3,(H,11,15)(H,13,16). The van der Waals surface area contributed by atoms with Crippen LogP contribution in [-0.2, 0) is 4.79 Å². The summed E-state index contributed by atoms with van der Waals surface area (Å²) in [5.74, 6) is -0.846. The SMILES string of the molecule is CNC(=O)C(C)NC(=O)c1cncc(O)c1. The van der Waals surface area contributed by atoms with Crippen LogP contribution in [0, 0.1) is 0 Å². The van der Waals surface area contributed by atoms with Gasteiger partial charge in [0.2, 0.25) is 5.91 Å². The Morgan fingerprint density at radius 1 is 1.44 bits per heavy atom. The largest absolute Gasteiger partial charge is 0.506 e. The Balaban J connectivity index is 2.69. The maximum Gasteiger partial charge on any atom is 0.253 e. The number of hydrogen-bond acceptors (Lipinski definition) is 4. The summed E-state index contributed by atoms with van der Waals surface area (Å²) in [5, 5.41) is 14.0. The fraction of sp³-hybridized carbons (Fsp3) is 0.300. The zero-order valence-corrected chi connectivity index (χ0v) is 9.02. The summed E-state index contributed by atoms with van der Waals surface area (Å²) in [7, 11) is 1.49. The maximum absolute atomic E-state index is 11.6. The predicted molar refractivity (Wildman–Crippen MR) is 56.9 cm³/mol. The zero-order valence-electron chi connectivity index (χ0n) is 9.02. The summed E-state index contributed by atoms with van der Waals surface area (Å²) < 4.78 is 0. The first kappa shape index (κ1) is 12.0. The van der Waals surface area contributed by atoms with E-state index in [0.29, 0.717) is 0 Å². The zero-order chi connectivity index (χ0) is 12.1. The summed E-state index contributed by atoms with van der Waals surface area (Å²) in [6.07, 6.45) is 2.53. The molecule has 6 heteroatoms. The summed E-state index contributed by atoms with van der Waals surface area (Å²) in [4.78, 5) is 26.4. The molecular formula is C10H13N3O3. The van der Waals surface area contributed by atoms with Gasteiger partial charge in [-0.25, -0.2) is 0 Å². The number of nitrogens with zero attached hydrogens (tertiary/aromatic N) is 1. The molecule has 0 aliphatic rings. The maximum atomic E-state index is 11.6. The van der Waals surface area contributed by atoms with E-state index < -0.39 is 11.9 Å². The van der Waals surface area contributed by atoms with Gasteiger partial charge in [0.1, 0.15) is 11.8 Å². The highest BCUT2D eigenvalue weighted by Crippen LogP contribution is 2.08. The van der Waals surface area contributed by atoms with Gasteiger partial charge in [-0.2, -0.15) is 0 Å². The van der Waals surface area contributed by atoms with Gasteiger partial charge in [-0.1, -0.05) is 0 Å². The van der Waals surface area contributed by atoms with Gasteiger partial charge in [-0.3, -0.25) is 14.6 Å². The number of pyridine rings is 1. The normalized spacial score (nSPS) is 11.6. The van der Waals surface area contributed by atoms with Crippen LogP contribution in [0.5, 0.6) is 5.75 Å². The molecule has 0 aliphatic heterocycles. The fourth-order valence-corrected chi connectivity index (χ4v) is 1.11. The monoisotopic (exact) mass is 223 g/mol. The molecule has 1 heterocycles. The molecule has 1 atom stereocenters. The smallest absolute Gasteiger partial charge is 0.253 e. The molecule has 0 fully saturated rings. The molecule has 0 radical (unpaired) electrons. The molecule has 0 aromatic carbocycles. The average molecular weight is 223 g/mol. The first-order valence-electron chi connectivity index (χ1n) is 4.71. The van der Waals surface area contributed by atoms with Gasteiger partial charge >= 0.3 is 0 Å². The molecule has 1 rings (SSSR count). The van der Waals surface area contributed by atoms with Crippen molar-refractivity contribution >= 4 is 11.8 Å². The molecule has 1 unspecified atom stereocenters. The van der Waals surface area contributed by atoms with Gasteiger partial charge in [0, 0.05) is 13.2 Å². The second-order valence-electron chi connectivity index (χ2n) is 3.24. The van der Waals surface area contributed by atoms with Gasteiger partial charge in [0.25, 0.3) is 5.91 Å². The van der Waals surface area contributed by atoms with E-state index in [1.54, 1.807) is 6.92 Å². The van der Waals surface area contributed by atoms with E-state index in [2.05, 4.69) is 15.6 Å². The first-order valence-corrected chi connectivity index (χ1v) is 4.71. The summed E-state index contributed by atoms with van der Waals surface area (Å²) in [6.45, 7) is 1.56. The van der Waals surface area contributed by atoms with Crippen LogP contribution >= 0.6 is 0 Å². The van der Waals surface area contributed by atoms with Crippen molar-refractivity contribution in [3.05, 3.63) is 24.0 Å². The summed E-state index contributed by atoms with van der Waals surface area (Å²) in [6, 6.07) is 0.638. The lowest BCUT2D eigenvalue weighted by Crippen LogP contribution is -2.43. The second-order valence-corrected chi connectivity index (χ2v) is 3.24. The highest BCUT2D eigenvalue weighted by atomic mass is 16.3. The quantitative estimate of drug-likeness (QED) is 0.653. The molecule has 0 saturated heterocycles. The summed E-state index contributed by atoms with van der Waals surface area (Å²) in [5.41, 5.74) is 0.204. The third-order valence-corrected chi connectivity index (χ3v) is 1.97. The van der Waals surface area contributed by atoms with Crippen molar-refractivity contribution in [3.8, 4) is 5.75 Å². The van der Waals surface area contributed by atoms with Crippen molar-refractivity contribution in [2.75, 3.05) is 7.05 Å². The average Bonchev–Trinajstić information content (AvgIpc) is 2.27. The molecule has 6 nitrogen and oxygen atoms in total. The molecule has 1 aromatic heterocycles. The number of hydrogen-bond donors (Lipinski definition) is 3. The van der Waals surface area contributed by atoms with Gasteiger partial charge in [-0.15, -0.1) is 0 Å².